The Kier molecular flexibility index (Phi) is 4.55. The number of hydrogen-bond acceptors (Lipinski definition) is 2. The van der Waals surface area contributed by atoms with E-state index in [0.29, 0.717) is 13.0 Å². The van der Waals surface area contributed by atoms with Gasteiger partial charge in [0.1, 0.15) is 0 Å². The predicted molar refractivity (Wildman–Crippen MR) is 69.0 cm³/mol. The van der Waals surface area contributed by atoms with Crippen LogP contribution in [0.5, 0.6) is 0 Å². The molecule has 0 saturated heterocycles. The highest BCUT2D eigenvalue weighted by molar-refractivity contribution is 5.45. The molecule has 1 aromatic rings. The second-order valence-corrected chi connectivity index (χ2v) is 4.43. The molecule has 1 aromatic carbocycles. The average molecular weight is 233 g/mol. The summed E-state index contributed by atoms with van der Waals surface area (Å²) in [5, 5.41) is 13.6. The zero-order valence-corrected chi connectivity index (χ0v) is 10.9. The molecule has 4 heteroatoms. The second kappa shape index (κ2) is 5.71. The lowest BCUT2D eigenvalue weighted by Crippen LogP contribution is -2.07. The van der Waals surface area contributed by atoms with Gasteiger partial charge in [-0.3, -0.25) is 0 Å². The Morgan fingerprint density at radius 2 is 1.76 bits per heavy atom. The van der Waals surface area contributed by atoms with Crippen LogP contribution in [0.1, 0.15) is 40.3 Å². The smallest absolute Gasteiger partial charge is 0.0796 e. The highest BCUT2D eigenvalue weighted by atomic mass is 16.3. The molecule has 0 aromatic heterocycles. The maximum absolute atomic E-state index is 10.2. The molecule has 0 fully saturated rings. The number of aliphatic hydroxyl groups is 1. The molecule has 0 bridgehead atoms. The van der Waals surface area contributed by atoms with Crippen molar-refractivity contribution in [3.8, 4) is 0 Å². The Morgan fingerprint density at radius 1 is 1.24 bits per heavy atom. The van der Waals surface area contributed by atoms with Gasteiger partial charge in [0.25, 0.3) is 0 Å². The Balaban J connectivity index is 3.07. The summed E-state index contributed by atoms with van der Waals surface area (Å²) in [5.74, 6) is 0. The van der Waals surface area contributed by atoms with Crippen LogP contribution in [0.2, 0.25) is 0 Å². The average Bonchev–Trinajstić information content (AvgIpc) is 2.27. The normalized spacial score (nSPS) is 12.1. The fourth-order valence-electron chi connectivity index (χ4n) is 2.12. The number of hydrogen-bond donors (Lipinski definition) is 1. The van der Waals surface area contributed by atoms with Crippen molar-refractivity contribution in [3.05, 3.63) is 44.3 Å². The third kappa shape index (κ3) is 2.99. The highest BCUT2D eigenvalue weighted by Gasteiger charge is 2.15. The van der Waals surface area contributed by atoms with Crippen molar-refractivity contribution in [1.82, 2.24) is 0 Å². The molecule has 0 aliphatic rings. The standard InChI is InChI=1S/C13H19N3O/c1-8-7-9(2)11(4)13(10(8)3)12(17)5-6-15-16-14/h7,12,17H,5-6H2,1-4H3. The van der Waals surface area contributed by atoms with Crippen LogP contribution in [0.3, 0.4) is 0 Å². The third-order valence-electron chi connectivity index (χ3n) is 3.32. The second-order valence-electron chi connectivity index (χ2n) is 4.43. The summed E-state index contributed by atoms with van der Waals surface area (Å²) in [7, 11) is 0. The summed E-state index contributed by atoms with van der Waals surface area (Å²) in [4.78, 5) is 2.70. The first-order chi connectivity index (χ1) is 7.99. The minimum atomic E-state index is -0.556. The first kappa shape index (κ1) is 13.6. The molecule has 0 radical (unpaired) electrons. The van der Waals surface area contributed by atoms with Crippen LogP contribution in [-0.2, 0) is 0 Å². The van der Waals surface area contributed by atoms with Crippen molar-refractivity contribution in [2.24, 2.45) is 5.11 Å². The van der Waals surface area contributed by atoms with Gasteiger partial charge in [0, 0.05) is 11.5 Å². The van der Waals surface area contributed by atoms with Gasteiger partial charge in [0.2, 0.25) is 0 Å². The molecule has 1 atom stereocenters. The lowest BCUT2D eigenvalue weighted by Gasteiger charge is -2.19. The Labute approximate surface area is 102 Å². The molecule has 0 spiro atoms. The molecule has 0 amide bonds. The maximum Gasteiger partial charge on any atom is 0.0796 e. The summed E-state index contributed by atoms with van der Waals surface area (Å²) in [6.07, 6.45) is -0.0895. The van der Waals surface area contributed by atoms with E-state index in [0.717, 1.165) is 16.7 Å². The molecule has 0 heterocycles. The van der Waals surface area contributed by atoms with Gasteiger partial charge in [-0.2, -0.15) is 0 Å². The number of aliphatic hydroxyl groups excluding tert-OH is 1. The van der Waals surface area contributed by atoms with Crippen molar-refractivity contribution in [2.45, 2.75) is 40.2 Å². The largest absolute Gasteiger partial charge is 0.388 e. The first-order valence-electron chi connectivity index (χ1n) is 5.75. The van der Waals surface area contributed by atoms with Crippen LogP contribution in [-0.4, -0.2) is 11.7 Å². The first-order valence-corrected chi connectivity index (χ1v) is 5.75. The molecule has 92 valence electrons. The van der Waals surface area contributed by atoms with Crippen LogP contribution in [0, 0.1) is 27.7 Å². The molecule has 17 heavy (non-hydrogen) atoms. The van der Waals surface area contributed by atoms with Crippen LogP contribution >= 0.6 is 0 Å². The fraction of sp³-hybridized carbons (Fsp3) is 0.538. The molecular weight excluding hydrogens is 214 g/mol. The minimum Gasteiger partial charge on any atom is -0.388 e. The van der Waals surface area contributed by atoms with E-state index in [1.165, 1.54) is 11.1 Å². The lowest BCUT2D eigenvalue weighted by atomic mass is 9.90. The van der Waals surface area contributed by atoms with Crippen molar-refractivity contribution >= 4 is 0 Å². The summed E-state index contributed by atoms with van der Waals surface area (Å²) in [5.41, 5.74) is 13.8. The monoisotopic (exact) mass is 233 g/mol. The molecule has 0 saturated carbocycles. The van der Waals surface area contributed by atoms with E-state index in [4.69, 9.17) is 5.53 Å². The fourth-order valence-corrected chi connectivity index (χ4v) is 2.12. The van der Waals surface area contributed by atoms with Gasteiger partial charge < -0.3 is 5.11 Å². The van der Waals surface area contributed by atoms with Crippen molar-refractivity contribution < 1.29 is 5.11 Å². The van der Waals surface area contributed by atoms with E-state index in [-0.39, 0.29) is 0 Å². The molecule has 1 rings (SSSR count). The van der Waals surface area contributed by atoms with Gasteiger partial charge >= 0.3 is 0 Å². The quantitative estimate of drug-likeness (QED) is 0.481. The molecule has 0 aliphatic carbocycles. The number of rotatable bonds is 4. The van der Waals surface area contributed by atoms with Gasteiger partial charge in [0.05, 0.1) is 6.10 Å². The van der Waals surface area contributed by atoms with E-state index < -0.39 is 6.10 Å². The molecule has 1 N–H and O–H groups in total. The molecular formula is C13H19N3O. The van der Waals surface area contributed by atoms with Crippen LogP contribution < -0.4 is 0 Å². The third-order valence-corrected chi connectivity index (χ3v) is 3.32. The van der Waals surface area contributed by atoms with Crippen LogP contribution in [0.15, 0.2) is 11.2 Å². The SMILES string of the molecule is Cc1cc(C)c(C)c(C(O)CCN=[N+]=[N-])c1C. The van der Waals surface area contributed by atoms with Crippen molar-refractivity contribution in [3.63, 3.8) is 0 Å². The lowest BCUT2D eigenvalue weighted by molar-refractivity contribution is 0.168. The Hall–Kier alpha value is -1.51. The molecule has 0 aliphatic heterocycles. The van der Waals surface area contributed by atoms with Crippen molar-refractivity contribution in [1.29, 1.82) is 0 Å². The predicted octanol–water partition coefficient (Wildman–Crippen LogP) is 3.65. The zero-order chi connectivity index (χ0) is 13.0. The Morgan fingerprint density at radius 3 is 2.24 bits per heavy atom. The van der Waals surface area contributed by atoms with Gasteiger partial charge in [0.15, 0.2) is 0 Å². The van der Waals surface area contributed by atoms with E-state index in [2.05, 4.69) is 16.1 Å². The number of aryl methyl sites for hydroxylation is 2. The summed E-state index contributed by atoms with van der Waals surface area (Å²) in [6.45, 7) is 8.46. The molecule has 4 nitrogen and oxygen atoms in total. The molecule has 1 unspecified atom stereocenters. The van der Waals surface area contributed by atoms with E-state index in [1.54, 1.807) is 0 Å². The summed E-state index contributed by atoms with van der Waals surface area (Å²) >= 11 is 0. The maximum atomic E-state index is 10.2. The van der Waals surface area contributed by atoms with Crippen LogP contribution in [0.4, 0.5) is 0 Å². The summed E-state index contributed by atoms with van der Waals surface area (Å²) < 4.78 is 0. The highest BCUT2D eigenvalue weighted by Crippen LogP contribution is 2.29. The summed E-state index contributed by atoms with van der Waals surface area (Å²) in [6, 6.07) is 2.13. The zero-order valence-electron chi connectivity index (χ0n) is 10.9. The number of nitrogens with zero attached hydrogens (tertiary/aromatic N) is 3. The van der Waals surface area contributed by atoms with E-state index in [9.17, 15) is 5.11 Å². The Bertz CT molecular complexity index is 436. The minimum absolute atomic E-state index is 0.323. The van der Waals surface area contributed by atoms with Gasteiger partial charge in [-0.1, -0.05) is 11.2 Å². The van der Waals surface area contributed by atoms with E-state index in [1.807, 2.05) is 27.7 Å². The van der Waals surface area contributed by atoms with E-state index >= 15 is 0 Å². The van der Waals surface area contributed by atoms with Crippen LogP contribution in [0.25, 0.3) is 10.4 Å². The van der Waals surface area contributed by atoms with Gasteiger partial charge in [-0.25, -0.2) is 0 Å². The topological polar surface area (TPSA) is 69.0 Å². The van der Waals surface area contributed by atoms with Gasteiger partial charge in [-0.05, 0) is 67.5 Å². The van der Waals surface area contributed by atoms with Crippen molar-refractivity contribution in [2.75, 3.05) is 6.54 Å². The number of benzene rings is 1. The van der Waals surface area contributed by atoms with Gasteiger partial charge in [-0.15, -0.1) is 0 Å². The number of azide groups is 1.